The van der Waals surface area contributed by atoms with Gasteiger partial charge in [0.15, 0.2) is 0 Å². The van der Waals surface area contributed by atoms with Crippen LogP contribution in [0.3, 0.4) is 0 Å². The quantitative estimate of drug-likeness (QED) is 0.882. The van der Waals surface area contributed by atoms with Crippen molar-refractivity contribution >= 4 is 11.3 Å². The van der Waals surface area contributed by atoms with Gasteiger partial charge in [0.25, 0.3) is 0 Å². The number of nitrogens with zero attached hydrogens (tertiary/aromatic N) is 2. The number of piperazine rings is 1. The molecule has 0 saturated carbocycles. The lowest BCUT2D eigenvalue weighted by molar-refractivity contribution is 0.0394. The minimum Gasteiger partial charge on any atom is -0.387 e. The SMILES string of the molecule is C[C@H]1CN(CCc2cccs2)CCN1C[C@@H](O)c1ccccc1. The van der Waals surface area contributed by atoms with E-state index in [9.17, 15) is 5.11 Å². The highest BCUT2D eigenvalue weighted by Crippen LogP contribution is 2.18. The molecule has 1 N–H and O–H groups in total. The first-order valence-electron chi connectivity index (χ1n) is 8.44. The summed E-state index contributed by atoms with van der Waals surface area (Å²) in [5.74, 6) is 0. The molecule has 0 bridgehead atoms. The maximum Gasteiger partial charge on any atom is 0.0917 e. The number of β-amino-alcohol motifs (C(OH)–C–C–N with tert-alkyl or cyclic N) is 1. The molecule has 2 heterocycles. The van der Waals surface area contributed by atoms with E-state index in [-0.39, 0.29) is 0 Å². The van der Waals surface area contributed by atoms with E-state index in [4.69, 9.17) is 0 Å². The number of thiophene rings is 1. The average Bonchev–Trinajstić information content (AvgIpc) is 3.09. The number of rotatable bonds is 6. The van der Waals surface area contributed by atoms with Crippen molar-refractivity contribution in [2.75, 3.05) is 32.7 Å². The Balaban J connectivity index is 1.46. The van der Waals surface area contributed by atoms with E-state index in [1.54, 1.807) is 0 Å². The minimum absolute atomic E-state index is 0.392. The lowest BCUT2D eigenvalue weighted by atomic mass is 10.1. The van der Waals surface area contributed by atoms with Gasteiger partial charge in [-0.1, -0.05) is 36.4 Å². The van der Waals surface area contributed by atoms with Gasteiger partial charge in [-0.25, -0.2) is 0 Å². The van der Waals surface area contributed by atoms with Gasteiger partial charge in [0.2, 0.25) is 0 Å². The summed E-state index contributed by atoms with van der Waals surface area (Å²) >= 11 is 1.85. The van der Waals surface area contributed by atoms with Crippen LogP contribution in [0, 0.1) is 0 Å². The molecule has 0 unspecified atom stereocenters. The van der Waals surface area contributed by atoms with Gasteiger partial charge in [0.1, 0.15) is 0 Å². The van der Waals surface area contributed by atoms with Crippen molar-refractivity contribution in [2.24, 2.45) is 0 Å². The fourth-order valence-corrected chi connectivity index (χ4v) is 3.97. The zero-order valence-electron chi connectivity index (χ0n) is 13.8. The Kier molecular flexibility index (Phi) is 5.84. The summed E-state index contributed by atoms with van der Waals surface area (Å²) in [5.41, 5.74) is 1.01. The van der Waals surface area contributed by atoms with E-state index in [1.807, 2.05) is 41.7 Å². The standard InChI is InChI=1S/C19H26N2OS/c1-16-14-20(10-9-18-8-5-13-23-18)11-12-21(16)15-19(22)17-6-3-2-4-7-17/h2-8,13,16,19,22H,9-12,14-15H2,1H3/t16-,19+/m0/s1. The van der Waals surface area contributed by atoms with Crippen LogP contribution >= 0.6 is 11.3 Å². The predicted molar refractivity (Wildman–Crippen MR) is 96.9 cm³/mol. The molecular formula is C19H26N2OS. The van der Waals surface area contributed by atoms with E-state index < -0.39 is 6.10 Å². The summed E-state index contributed by atoms with van der Waals surface area (Å²) in [5, 5.41) is 12.6. The third kappa shape index (κ3) is 4.64. The van der Waals surface area contributed by atoms with Gasteiger partial charge < -0.3 is 10.0 Å². The molecule has 4 heteroatoms. The lowest BCUT2D eigenvalue weighted by Gasteiger charge is -2.40. The molecule has 0 aliphatic carbocycles. The number of benzene rings is 1. The largest absolute Gasteiger partial charge is 0.387 e. The Labute approximate surface area is 143 Å². The first kappa shape index (κ1) is 16.7. The second-order valence-electron chi connectivity index (χ2n) is 6.40. The molecule has 1 aromatic carbocycles. The van der Waals surface area contributed by atoms with Gasteiger partial charge in [-0.15, -0.1) is 11.3 Å². The van der Waals surface area contributed by atoms with Crippen LogP contribution in [-0.4, -0.2) is 53.7 Å². The van der Waals surface area contributed by atoms with Crippen molar-refractivity contribution in [3.63, 3.8) is 0 Å². The Hall–Kier alpha value is -1.20. The highest BCUT2D eigenvalue weighted by Gasteiger charge is 2.25. The zero-order valence-corrected chi connectivity index (χ0v) is 14.6. The molecule has 1 aromatic heterocycles. The van der Waals surface area contributed by atoms with E-state index >= 15 is 0 Å². The van der Waals surface area contributed by atoms with E-state index in [1.165, 1.54) is 4.88 Å². The van der Waals surface area contributed by atoms with E-state index in [0.29, 0.717) is 6.04 Å². The summed E-state index contributed by atoms with van der Waals surface area (Å²) in [4.78, 5) is 6.44. The molecule has 3 nitrogen and oxygen atoms in total. The number of hydrogen-bond donors (Lipinski definition) is 1. The Morgan fingerprint density at radius 2 is 2.00 bits per heavy atom. The maximum atomic E-state index is 10.4. The van der Waals surface area contributed by atoms with Crippen molar-refractivity contribution in [1.82, 2.24) is 9.80 Å². The molecule has 1 saturated heterocycles. The summed E-state index contributed by atoms with van der Waals surface area (Å²) < 4.78 is 0. The molecule has 124 valence electrons. The van der Waals surface area contributed by atoms with Crippen molar-refractivity contribution in [1.29, 1.82) is 0 Å². The third-order valence-electron chi connectivity index (χ3n) is 4.70. The fraction of sp³-hybridized carbons (Fsp3) is 0.474. The van der Waals surface area contributed by atoms with Crippen LogP contribution in [0.15, 0.2) is 47.8 Å². The molecule has 2 aromatic rings. The monoisotopic (exact) mass is 330 g/mol. The van der Waals surface area contributed by atoms with Crippen molar-refractivity contribution in [3.05, 3.63) is 58.3 Å². The Morgan fingerprint density at radius 3 is 2.70 bits per heavy atom. The number of aliphatic hydroxyl groups excluding tert-OH is 1. The molecule has 2 atom stereocenters. The van der Waals surface area contributed by atoms with Crippen molar-refractivity contribution < 1.29 is 5.11 Å². The smallest absolute Gasteiger partial charge is 0.0917 e. The molecule has 0 radical (unpaired) electrons. The van der Waals surface area contributed by atoms with Gasteiger partial charge in [-0.2, -0.15) is 0 Å². The summed E-state index contributed by atoms with van der Waals surface area (Å²) in [6, 6.07) is 14.8. The van der Waals surface area contributed by atoms with Gasteiger partial charge in [0.05, 0.1) is 6.10 Å². The fourth-order valence-electron chi connectivity index (χ4n) is 3.27. The lowest BCUT2D eigenvalue weighted by Crippen LogP contribution is -2.53. The summed E-state index contributed by atoms with van der Waals surface area (Å²) in [6.45, 7) is 7.36. The van der Waals surface area contributed by atoms with Gasteiger partial charge in [0, 0.05) is 43.6 Å². The summed E-state index contributed by atoms with van der Waals surface area (Å²) in [6.07, 6.45) is 0.758. The molecule has 23 heavy (non-hydrogen) atoms. The number of aliphatic hydroxyl groups is 1. The Bertz CT molecular complexity index is 572. The van der Waals surface area contributed by atoms with Crippen LogP contribution in [0.1, 0.15) is 23.5 Å². The molecule has 3 rings (SSSR count). The maximum absolute atomic E-state index is 10.4. The van der Waals surface area contributed by atoms with Crippen molar-refractivity contribution in [3.8, 4) is 0 Å². The van der Waals surface area contributed by atoms with Crippen LogP contribution < -0.4 is 0 Å². The second kappa shape index (κ2) is 8.06. The predicted octanol–water partition coefficient (Wildman–Crippen LogP) is 3.03. The summed E-state index contributed by atoms with van der Waals surface area (Å²) in [7, 11) is 0. The molecule has 1 aliphatic heterocycles. The van der Waals surface area contributed by atoms with Gasteiger partial charge in [-0.05, 0) is 30.4 Å². The number of hydrogen-bond acceptors (Lipinski definition) is 4. The van der Waals surface area contributed by atoms with E-state index in [0.717, 1.165) is 44.7 Å². The first-order valence-corrected chi connectivity index (χ1v) is 9.32. The van der Waals surface area contributed by atoms with Crippen molar-refractivity contribution in [2.45, 2.75) is 25.5 Å². The van der Waals surface area contributed by atoms with Crippen LogP contribution in [0.4, 0.5) is 0 Å². The minimum atomic E-state index is -0.392. The molecule has 0 spiro atoms. The van der Waals surface area contributed by atoms with Crippen LogP contribution in [-0.2, 0) is 6.42 Å². The average molecular weight is 330 g/mol. The highest BCUT2D eigenvalue weighted by molar-refractivity contribution is 7.09. The topological polar surface area (TPSA) is 26.7 Å². The van der Waals surface area contributed by atoms with Gasteiger partial charge in [-0.3, -0.25) is 4.90 Å². The molecule has 1 fully saturated rings. The van der Waals surface area contributed by atoms with Gasteiger partial charge >= 0.3 is 0 Å². The molecule has 1 aliphatic rings. The zero-order chi connectivity index (χ0) is 16.1. The highest BCUT2D eigenvalue weighted by atomic mass is 32.1. The van der Waals surface area contributed by atoms with E-state index in [2.05, 4.69) is 34.2 Å². The Morgan fingerprint density at radius 1 is 1.17 bits per heavy atom. The van der Waals surface area contributed by atoms with Crippen LogP contribution in [0.2, 0.25) is 0 Å². The second-order valence-corrected chi connectivity index (χ2v) is 7.43. The first-order chi connectivity index (χ1) is 11.2. The molecule has 0 amide bonds. The normalized spacial score (nSPS) is 21.4. The van der Waals surface area contributed by atoms with Crippen LogP contribution in [0.25, 0.3) is 0 Å². The van der Waals surface area contributed by atoms with Crippen LogP contribution in [0.5, 0.6) is 0 Å². The third-order valence-corrected chi connectivity index (χ3v) is 5.63. The molecular weight excluding hydrogens is 304 g/mol.